The van der Waals surface area contributed by atoms with Crippen LogP contribution >= 0.6 is 15.9 Å². The highest BCUT2D eigenvalue weighted by Gasteiger charge is 2.01. The molecule has 0 bridgehead atoms. The first-order chi connectivity index (χ1) is 8.74. The second kappa shape index (κ2) is 6.16. The SMILES string of the molecule is O=C(Cc1ccc(Br)cc1)N/N=C/c1ccco1. The number of benzene rings is 1. The number of amides is 1. The van der Waals surface area contributed by atoms with Crippen LogP contribution in [0, 0.1) is 0 Å². The predicted molar refractivity (Wildman–Crippen MR) is 72.3 cm³/mol. The molecule has 92 valence electrons. The van der Waals surface area contributed by atoms with Crippen LogP contribution in [0.4, 0.5) is 0 Å². The fourth-order valence-corrected chi connectivity index (χ4v) is 1.62. The Balaban J connectivity index is 1.84. The smallest absolute Gasteiger partial charge is 0.244 e. The average Bonchev–Trinajstić information content (AvgIpc) is 2.85. The van der Waals surface area contributed by atoms with Gasteiger partial charge < -0.3 is 4.42 Å². The van der Waals surface area contributed by atoms with E-state index < -0.39 is 0 Å². The van der Waals surface area contributed by atoms with Gasteiger partial charge in [0.1, 0.15) is 5.76 Å². The van der Waals surface area contributed by atoms with E-state index in [9.17, 15) is 4.79 Å². The number of rotatable bonds is 4. The molecule has 0 fully saturated rings. The normalized spacial score (nSPS) is 10.7. The Kier molecular flexibility index (Phi) is 4.30. The maximum atomic E-state index is 11.6. The van der Waals surface area contributed by atoms with Crippen LogP contribution in [-0.2, 0) is 11.2 Å². The van der Waals surface area contributed by atoms with Crippen molar-refractivity contribution in [2.24, 2.45) is 5.10 Å². The summed E-state index contributed by atoms with van der Waals surface area (Å²) in [5.41, 5.74) is 3.38. The minimum absolute atomic E-state index is 0.167. The molecule has 0 saturated heterocycles. The highest BCUT2D eigenvalue weighted by molar-refractivity contribution is 9.10. The lowest BCUT2D eigenvalue weighted by Crippen LogP contribution is -2.19. The predicted octanol–water partition coefficient (Wildman–Crippen LogP) is 2.73. The summed E-state index contributed by atoms with van der Waals surface area (Å²) in [5.74, 6) is 0.430. The van der Waals surface area contributed by atoms with Gasteiger partial charge in [0.15, 0.2) is 0 Å². The van der Waals surface area contributed by atoms with E-state index in [1.165, 1.54) is 6.21 Å². The Morgan fingerprint density at radius 1 is 1.33 bits per heavy atom. The lowest BCUT2D eigenvalue weighted by molar-refractivity contribution is -0.120. The molecule has 0 unspecified atom stereocenters. The molecule has 1 heterocycles. The Morgan fingerprint density at radius 3 is 2.78 bits per heavy atom. The first kappa shape index (κ1) is 12.6. The van der Waals surface area contributed by atoms with Crippen LogP contribution < -0.4 is 5.43 Å². The summed E-state index contributed by atoms with van der Waals surface area (Å²) in [5, 5.41) is 3.80. The molecule has 2 rings (SSSR count). The van der Waals surface area contributed by atoms with E-state index in [4.69, 9.17) is 4.42 Å². The van der Waals surface area contributed by atoms with Crippen molar-refractivity contribution in [3.05, 3.63) is 58.5 Å². The summed E-state index contributed by atoms with van der Waals surface area (Å²) in [6.45, 7) is 0. The molecule has 1 aromatic carbocycles. The van der Waals surface area contributed by atoms with Crippen molar-refractivity contribution in [1.82, 2.24) is 5.43 Å². The zero-order chi connectivity index (χ0) is 12.8. The van der Waals surface area contributed by atoms with Crippen molar-refractivity contribution in [2.75, 3.05) is 0 Å². The van der Waals surface area contributed by atoms with Crippen molar-refractivity contribution in [3.63, 3.8) is 0 Å². The van der Waals surface area contributed by atoms with Crippen molar-refractivity contribution in [2.45, 2.75) is 6.42 Å². The molecule has 18 heavy (non-hydrogen) atoms. The second-order valence-corrected chi connectivity index (χ2v) is 4.53. The van der Waals surface area contributed by atoms with Gasteiger partial charge in [-0.05, 0) is 29.8 Å². The van der Waals surface area contributed by atoms with Crippen molar-refractivity contribution >= 4 is 28.1 Å². The van der Waals surface area contributed by atoms with E-state index in [-0.39, 0.29) is 5.91 Å². The van der Waals surface area contributed by atoms with Gasteiger partial charge in [-0.1, -0.05) is 28.1 Å². The van der Waals surface area contributed by atoms with Gasteiger partial charge >= 0.3 is 0 Å². The van der Waals surface area contributed by atoms with E-state index in [1.54, 1.807) is 18.4 Å². The summed E-state index contributed by atoms with van der Waals surface area (Å²) in [4.78, 5) is 11.6. The molecule has 5 heteroatoms. The van der Waals surface area contributed by atoms with E-state index in [0.717, 1.165) is 10.0 Å². The Bertz CT molecular complexity index is 533. The van der Waals surface area contributed by atoms with Crippen LogP contribution in [0.2, 0.25) is 0 Å². The summed E-state index contributed by atoms with van der Waals surface area (Å²) < 4.78 is 6.03. The first-order valence-electron chi connectivity index (χ1n) is 5.34. The quantitative estimate of drug-likeness (QED) is 0.697. The molecule has 0 saturated carbocycles. The molecule has 4 nitrogen and oxygen atoms in total. The zero-order valence-corrected chi connectivity index (χ0v) is 11.1. The second-order valence-electron chi connectivity index (χ2n) is 3.61. The van der Waals surface area contributed by atoms with E-state index in [0.29, 0.717) is 12.2 Å². The standard InChI is InChI=1S/C13H11BrN2O2/c14-11-5-3-10(4-6-11)8-13(17)16-15-9-12-2-1-7-18-12/h1-7,9H,8H2,(H,16,17)/b15-9+. The van der Waals surface area contributed by atoms with Crippen LogP contribution in [0.25, 0.3) is 0 Å². The first-order valence-corrected chi connectivity index (χ1v) is 6.13. The number of hydrogen-bond acceptors (Lipinski definition) is 3. The molecule has 1 aromatic heterocycles. The third-order valence-corrected chi connectivity index (χ3v) is 2.73. The van der Waals surface area contributed by atoms with Gasteiger partial charge in [-0.25, -0.2) is 5.43 Å². The summed E-state index contributed by atoms with van der Waals surface area (Å²) in [6, 6.07) is 11.1. The Hall–Kier alpha value is -1.88. The van der Waals surface area contributed by atoms with Crippen LogP contribution in [0.5, 0.6) is 0 Å². The molecule has 0 radical (unpaired) electrons. The molecule has 1 amide bonds. The Labute approximate surface area is 113 Å². The number of furan rings is 1. The topological polar surface area (TPSA) is 54.6 Å². The lowest BCUT2D eigenvalue weighted by Gasteiger charge is -2.00. The minimum Gasteiger partial charge on any atom is -0.463 e. The van der Waals surface area contributed by atoms with E-state index in [1.807, 2.05) is 24.3 Å². The monoisotopic (exact) mass is 306 g/mol. The molecular formula is C13H11BrN2O2. The number of hydrazone groups is 1. The van der Waals surface area contributed by atoms with Gasteiger partial charge in [-0.15, -0.1) is 0 Å². The summed E-state index contributed by atoms with van der Waals surface area (Å²) in [7, 11) is 0. The molecular weight excluding hydrogens is 296 g/mol. The maximum absolute atomic E-state index is 11.6. The van der Waals surface area contributed by atoms with Gasteiger partial charge in [0.25, 0.3) is 0 Å². The third-order valence-electron chi connectivity index (χ3n) is 2.20. The number of halogens is 1. The van der Waals surface area contributed by atoms with E-state index in [2.05, 4.69) is 26.5 Å². The van der Waals surface area contributed by atoms with Gasteiger partial charge in [0.05, 0.1) is 18.9 Å². The number of nitrogens with one attached hydrogen (secondary N) is 1. The van der Waals surface area contributed by atoms with Gasteiger partial charge in [0.2, 0.25) is 5.91 Å². The van der Waals surface area contributed by atoms with Crippen LogP contribution in [0.1, 0.15) is 11.3 Å². The third kappa shape index (κ3) is 3.85. The molecule has 0 aliphatic carbocycles. The van der Waals surface area contributed by atoms with Crippen LogP contribution in [0.3, 0.4) is 0 Å². The van der Waals surface area contributed by atoms with Gasteiger partial charge in [-0.2, -0.15) is 5.10 Å². The van der Waals surface area contributed by atoms with Crippen molar-refractivity contribution in [3.8, 4) is 0 Å². The number of nitrogens with zero attached hydrogens (tertiary/aromatic N) is 1. The molecule has 2 aromatic rings. The maximum Gasteiger partial charge on any atom is 0.244 e. The molecule has 0 spiro atoms. The highest BCUT2D eigenvalue weighted by Crippen LogP contribution is 2.10. The summed E-state index contributed by atoms with van der Waals surface area (Å²) in [6.07, 6.45) is 3.30. The summed E-state index contributed by atoms with van der Waals surface area (Å²) >= 11 is 3.34. The van der Waals surface area contributed by atoms with Crippen molar-refractivity contribution < 1.29 is 9.21 Å². The van der Waals surface area contributed by atoms with Crippen molar-refractivity contribution in [1.29, 1.82) is 0 Å². The van der Waals surface area contributed by atoms with Crippen LogP contribution in [-0.4, -0.2) is 12.1 Å². The highest BCUT2D eigenvalue weighted by atomic mass is 79.9. The van der Waals surface area contributed by atoms with Crippen LogP contribution in [0.15, 0.2) is 56.7 Å². The number of carbonyl (C=O) groups is 1. The molecule has 0 aliphatic rings. The van der Waals surface area contributed by atoms with E-state index >= 15 is 0 Å². The molecule has 0 atom stereocenters. The number of carbonyl (C=O) groups excluding carboxylic acids is 1. The number of hydrogen-bond donors (Lipinski definition) is 1. The fourth-order valence-electron chi connectivity index (χ4n) is 1.36. The average molecular weight is 307 g/mol. The minimum atomic E-state index is -0.167. The zero-order valence-electron chi connectivity index (χ0n) is 9.47. The fraction of sp³-hybridized carbons (Fsp3) is 0.0769. The lowest BCUT2D eigenvalue weighted by atomic mass is 10.1. The largest absolute Gasteiger partial charge is 0.463 e. The Morgan fingerprint density at radius 2 is 2.11 bits per heavy atom. The molecule has 1 N–H and O–H groups in total. The van der Waals surface area contributed by atoms with Gasteiger partial charge in [0, 0.05) is 4.47 Å². The van der Waals surface area contributed by atoms with Gasteiger partial charge in [-0.3, -0.25) is 4.79 Å². The molecule has 0 aliphatic heterocycles.